The minimum absolute atomic E-state index is 0.0774. The van der Waals surface area contributed by atoms with E-state index in [9.17, 15) is 14.4 Å². The third kappa shape index (κ3) is 59.3. The lowest BCUT2D eigenvalue weighted by molar-refractivity contribution is -0.167. The zero-order valence-electron chi connectivity index (χ0n) is 48.1. The molecule has 0 fully saturated rings. The van der Waals surface area contributed by atoms with E-state index < -0.39 is 6.10 Å². The molecule has 0 amide bonds. The van der Waals surface area contributed by atoms with Crippen molar-refractivity contribution in [1.29, 1.82) is 0 Å². The maximum absolute atomic E-state index is 12.9. The first-order valence-electron chi connectivity index (χ1n) is 31.1. The molecule has 6 nitrogen and oxygen atoms in total. The van der Waals surface area contributed by atoms with Crippen molar-refractivity contribution in [2.75, 3.05) is 13.2 Å². The van der Waals surface area contributed by atoms with Crippen LogP contribution in [0.3, 0.4) is 0 Å². The molecule has 0 bridgehead atoms. The van der Waals surface area contributed by atoms with Gasteiger partial charge in [0, 0.05) is 19.3 Å². The lowest BCUT2D eigenvalue weighted by Gasteiger charge is -2.18. The summed E-state index contributed by atoms with van der Waals surface area (Å²) in [5, 5.41) is 0. The van der Waals surface area contributed by atoms with Crippen molar-refractivity contribution in [3.05, 3.63) is 85.1 Å². The Kier molecular flexibility index (Phi) is 58.3. The molecule has 6 heteroatoms. The number of carbonyl (C=O) groups excluding carboxylic acids is 3. The van der Waals surface area contributed by atoms with Gasteiger partial charge in [-0.15, -0.1) is 0 Å². The van der Waals surface area contributed by atoms with Crippen LogP contribution in [0.1, 0.15) is 303 Å². The van der Waals surface area contributed by atoms with E-state index >= 15 is 0 Å². The number of hydrogen-bond donors (Lipinski definition) is 0. The monoisotopic (exact) mass is 1020 g/mol. The molecular weight excluding hydrogens is 901 g/mol. The van der Waals surface area contributed by atoms with E-state index in [1.165, 1.54) is 161 Å². The van der Waals surface area contributed by atoms with Crippen LogP contribution in [0, 0.1) is 0 Å². The second kappa shape index (κ2) is 61.1. The van der Waals surface area contributed by atoms with E-state index in [0.717, 1.165) is 103 Å². The zero-order valence-corrected chi connectivity index (χ0v) is 48.1. The molecule has 0 aromatic carbocycles. The van der Waals surface area contributed by atoms with Gasteiger partial charge in [-0.2, -0.15) is 0 Å². The van der Waals surface area contributed by atoms with Crippen LogP contribution in [0.15, 0.2) is 85.1 Å². The van der Waals surface area contributed by atoms with Crippen LogP contribution in [-0.2, 0) is 28.6 Å². The third-order valence-electron chi connectivity index (χ3n) is 13.4. The average Bonchev–Trinajstić information content (AvgIpc) is 3.39. The highest BCUT2D eigenvalue weighted by Gasteiger charge is 2.19. The number of unbranched alkanes of at least 4 members (excludes halogenated alkanes) is 31. The van der Waals surface area contributed by atoms with Crippen molar-refractivity contribution in [1.82, 2.24) is 0 Å². The highest BCUT2D eigenvalue weighted by molar-refractivity contribution is 5.71. The molecule has 0 aliphatic rings. The number of rotatable bonds is 56. The summed E-state index contributed by atoms with van der Waals surface area (Å²) in [6.07, 6.45) is 80.3. The molecule has 0 saturated heterocycles. The van der Waals surface area contributed by atoms with Gasteiger partial charge < -0.3 is 14.2 Å². The molecule has 1 unspecified atom stereocenters. The maximum Gasteiger partial charge on any atom is 0.306 e. The Hall–Kier alpha value is -3.41. The fourth-order valence-corrected chi connectivity index (χ4v) is 8.74. The summed E-state index contributed by atoms with van der Waals surface area (Å²) in [6.45, 7) is 6.49. The van der Waals surface area contributed by atoms with Crippen molar-refractivity contribution < 1.29 is 28.6 Å². The molecule has 0 rings (SSSR count). The highest BCUT2D eigenvalue weighted by atomic mass is 16.6. The van der Waals surface area contributed by atoms with E-state index in [1.54, 1.807) is 0 Å². The fourth-order valence-electron chi connectivity index (χ4n) is 8.74. The topological polar surface area (TPSA) is 78.9 Å². The first kappa shape index (κ1) is 69.6. The summed E-state index contributed by atoms with van der Waals surface area (Å²) >= 11 is 0. The first-order chi connectivity index (χ1) is 36.0. The lowest BCUT2D eigenvalue weighted by atomic mass is 10.0. The Labute approximate surface area is 452 Å². The van der Waals surface area contributed by atoms with Crippen LogP contribution in [0.4, 0.5) is 0 Å². The van der Waals surface area contributed by atoms with Crippen LogP contribution >= 0.6 is 0 Å². The van der Waals surface area contributed by atoms with Gasteiger partial charge in [0.25, 0.3) is 0 Å². The first-order valence-corrected chi connectivity index (χ1v) is 31.1. The van der Waals surface area contributed by atoms with Gasteiger partial charge in [0.15, 0.2) is 6.10 Å². The average molecular weight is 1020 g/mol. The minimum Gasteiger partial charge on any atom is -0.462 e. The molecule has 0 aromatic rings. The highest BCUT2D eigenvalue weighted by Crippen LogP contribution is 2.16. The normalized spacial score (nSPS) is 12.6. The second-order valence-electron chi connectivity index (χ2n) is 20.6. The molecule has 420 valence electrons. The van der Waals surface area contributed by atoms with E-state index in [1.807, 2.05) is 0 Å². The molecule has 0 radical (unpaired) electrons. The van der Waals surface area contributed by atoms with Gasteiger partial charge in [0.05, 0.1) is 0 Å². The van der Waals surface area contributed by atoms with E-state index in [2.05, 4.69) is 106 Å². The number of esters is 3. The minimum atomic E-state index is -0.778. The SMILES string of the molecule is CC/C=C\C/C=C\C/C=C\C/C=C\C/C=C\CCCCCCCCCCCC(=O)OCC(COC(=O)CCCCCCCCC)OC(=O)CCCCCCCCCCCCC/C=C\C/C=C\CCCCCCC. The van der Waals surface area contributed by atoms with Crippen LogP contribution < -0.4 is 0 Å². The molecule has 73 heavy (non-hydrogen) atoms. The van der Waals surface area contributed by atoms with Gasteiger partial charge >= 0.3 is 17.9 Å². The van der Waals surface area contributed by atoms with E-state index in [-0.39, 0.29) is 31.1 Å². The van der Waals surface area contributed by atoms with Gasteiger partial charge in [0.2, 0.25) is 0 Å². The van der Waals surface area contributed by atoms with Crippen LogP contribution in [-0.4, -0.2) is 37.2 Å². The van der Waals surface area contributed by atoms with Crippen molar-refractivity contribution >= 4 is 17.9 Å². The van der Waals surface area contributed by atoms with Gasteiger partial charge in [-0.3, -0.25) is 14.4 Å². The van der Waals surface area contributed by atoms with Crippen LogP contribution in [0.2, 0.25) is 0 Å². The van der Waals surface area contributed by atoms with Crippen LogP contribution in [0.5, 0.6) is 0 Å². The zero-order chi connectivity index (χ0) is 52.9. The lowest BCUT2D eigenvalue weighted by Crippen LogP contribution is -2.30. The van der Waals surface area contributed by atoms with Crippen molar-refractivity contribution in [2.45, 2.75) is 309 Å². The number of hydrogen-bond acceptors (Lipinski definition) is 6. The van der Waals surface area contributed by atoms with E-state index in [4.69, 9.17) is 14.2 Å². The molecule has 1 atom stereocenters. The summed E-state index contributed by atoms with van der Waals surface area (Å²) in [6, 6.07) is 0. The van der Waals surface area contributed by atoms with Gasteiger partial charge in [0.1, 0.15) is 13.2 Å². The molecule has 0 N–H and O–H groups in total. The largest absolute Gasteiger partial charge is 0.462 e. The molecule has 0 heterocycles. The summed E-state index contributed by atoms with van der Waals surface area (Å²) in [7, 11) is 0. The van der Waals surface area contributed by atoms with Crippen molar-refractivity contribution in [3.63, 3.8) is 0 Å². The Bertz CT molecular complexity index is 1400. The number of carbonyl (C=O) groups is 3. The van der Waals surface area contributed by atoms with Gasteiger partial charge in [-0.05, 0) is 96.3 Å². The summed E-state index contributed by atoms with van der Waals surface area (Å²) in [4.78, 5) is 38.1. The van der Waals surface area contributed by atoms with Crippen LogP contribution in [0.25, 0.3) is 0 Å². The van der Waals surface area contributed by atoms with E-state index in [0.29, 0.717) is 19.3 Å². The molecule has 0 aromatic heterocycles. The summed E-state index contributed by atoms with van der Waals surface area (Å²) in [5.41, 5.74) is 0. The predicted molar refractivity (Wildman–Crippen MR) is 316 cm³/mol. The second-order valence-corrected chi connectivity index (χ2v) is 20.6. The number of allylic oxidation sites excluding steroid dienone is 14. The van der Waals surface area contributed by atoms with Gasteiger partial charge in [-0.25, -0.2) is 0 Å². The maximum atomic E-state index is 12.9. The Morgan fingerprint density at radius 3 is 0.836 bits per heavy atom. The molecule has 0 saturated carbocycles. The Morgan fingerprint density at radius 2 is 0.534 bits per heavy atom. The third-order valence-corrected chi connectivity index (χ3v) is 13.4. The Balaban J connectivity index is 4.17. The molecule has 0 aliphatic heterocycles. The molecule has 0 spiro atoms. The van der Waals surface area contributed by atoms with Gasteiger partial charge in [-0.1, -0.05) is 273 Å². The number of ether oxygens (including phenoxy) is 3. The standard InChI is InChI=1S/C67H116O6/c1-4-7-10-13-16-18-20-22-24-26-28-30-32-33-35-36-38-40-42-44-46-48-51-54-57-60-66(69)72-63-64(62-71-65(68)59-56-53-50-15-12-9-6-3)73-67(70)61-58-55-52-49-47-45-43-41-39-37-34-31-29-27-25-23-21-19-17-14-11-8-5-2/h7,10,16,18,21-24,27-30,33,35,64H,4-6,8-9,11-15,17,19-20,25-26,31-32,34,36-63H2,1-3H3/b10-7-,18-16-,23-21-,24-22-,29-27-,30-28-,35-33-. The molecule has 0 aliphatic carbocycles. The fraction of sp³-hybridized carbons (Fsp3) is 0.746. The predicted octanol–water partition coefficient (Wildman–Crippen LogP) is 21.1. The Morgan fingerprint density at radius 1 is 0.288 bits per heavy atom. The summed E-state index contributed by atoms with van der Waals surface area (Å²) in [5.74, 6) is -0.883. The molecular formula is C67H116O6. The smallest absolute Gasteiger partial charge is 0.306 e. The van der Waals surface area contributed by atoms with Crippen molar-refractivity contribution in [3.8, 4) is 0 Å². The quantitative estimate of drug-likeness (QED) is 0.0261. The van der Waals surface area contributed by atoms with Crippen molar-refractivity contribution in [2.24, 2.45) is 0 Å². The summed E-state index contributed by atoms with van der Waals surface area (Å²) < 4.78 is 16.8.